The molecule has 1 aromatic heterocycles. The Morgan fingerprint density at radius 2 is 1.43 bits per heavy atom. The van der Waals surface area contributed by atoms with Crippen molar-refractivity contribution < 1.29 is 9.47 Å². The van der Waals surface area contributed by atoms with E-state index in [4.69, 9.17) is 14.5 Å². The Bertz CT molecular complexity index is 1310. The zero-order chi connectivity index (χ0) is 28.3. The van der Waals surface area contributed by atoms with Crippen molar-refractivity contribution in [3.8, 4) is 11.5 Å². The molecule has 5 heteroatoms. The zero-order valence-electron chi connectivity index (χ0n) is 25.2. The molecule has 214 valence electrons. The zero-order valence-corrected chi connectivity index (χ0v) is 25.2. The normalized spacial score (nSPS) is 11.6. The summed E-state index contributed by atoms with van der Waals surface area (Å²) in [5.41, 5.74) is 6.10. The van der Waals surface area contributed by atoms with Crippen LogP contribution in [0.2, 0.25) is 0 Å². The summed E-state index contributed by atoms with van der Waals surface area (Å²) in [6.07, 6.45) is 3.79. The lowest BCUT2D eigenvalue weighted by molar-refractivity contribution is 0.249. The molecule has 0 bridgehead atoms. The van der Waals surface area contributed by atoms with Crippen molar-refractivity contribution in [2.45, 2.75) is 66.8 Å². The smallest absolute Gasteiger partial charge is 0.121 e. The molecule has 0 radical (unpaired) electrons. The largest absolute Gasteiger partial charge is 0.493 e. The molecule has 0 aliphatic heterocycles. The summed E-state index contributed by atoms with van der Waals surface area (Å²) in [7, 11) is 0. The van der Waals surface area contributed by atoms with Gasteiger partial charge in [0.05, 0.1) is 24.2 Å². The van der Waals surface area contributed by atoms with Gasteiger partial charge in [0.2, 0.25) is 0 Å². The van der Waals surface area contributed by atoms with E-state index >= 15 is 0 Å². The fourth-order valence-electron chi connectivity index (χ4n) is 5.07. The molecule has 5 nitrogen and oxygen atoms in total. The van der Waals surface area contributed by atoms with Gasteiger partial charge in [0.15, 0.2) is 0 Å². The first kappa shape index (κ1) is 29.7. The van der Waals surface area contributed by atoms with E-state index in [1.807, 2.05) is 0 Å². The fraction of sp³-hybridized carbons (Fsp3) is 0.457. The third kappa shape index (κ3) is 8.59. The van der Waals surface area contributed by atoms with Crippen LogP contribution in [0.4, 0.5) is 0 Å². The predicted molar refractivity (Wildman–Crippen MR) is 167 cm³/mol. The standard InChI is InChI=1S/C35H47N3O2/c1-6-37(7-2)22-8-23-39-32-18-19-33-34(25-32)38(26-27(3)4)35(36-33)20-15-29-13-16-31(17-14-29)40-24-21-30-11-9-28(5)10-12-30/h9-14,16-19,25,27H,6-8,15,20-24,26H2,1-5H3. The summed E-state index contributed by atoms with van der Waals surface area (Å²) >= 11 is 0. The van der Waals surface area contributed by atoms with Crippen molar-refractivity contribution in [2.24, 2.45) is 5.92 Å². The second kappa shape index (κ2) is 14.9. The number of hydrogen-bond acceptors (Lipinski definition) is 4. The molecule has 0 N–H and O–H groups in total. The van der Waals surface area contributed by atoms with Crippen molar-refractivity contribution in [3.05, 3.63) is 89.2 Å². The lowest BCUT2D eigenvalue weighted by Gasteiger charge is -2.17. The van der Waals surface area contributed by atoms with Crippen LogP contribution in [0, 0.1) is 12.8 Å². The third-order valence-corrected chi connectivity index (χ3v) is 7.47. The molecule has 0 spiro atoms. The Labute approximate surface area is 241 Å². The van der Waals surface area contributed by atoms with E-state index in [0.29, 0.717) is 12.5 Å². The number of ether oxygens (including phenoxy) is 2. The average molecular weight is 542 g/mol. The van der Waals surface area contributed by atoms with Crippen LogP contribution in [0.5, 0.6) is 11.5 Å². The molecule has 0 saturated heterocycles. The lowest BCUT2D eigenvalue weighted by Crippen LogP contribution is -2.25. The number of fused-ring (bicyclic) bond motifs is 1. The second-order valence-corrected chi connectivity index (χ2v) is 11.1. The van der Waals surface area contributed by atoms with Gasteiger partial charge in [-0.2, -0.15) is 0 Å². The van der Waals surface area contributed by atoms with Crippen molar-refractivity contribution in [1.82, 2.24) is 14.5 Å². The molecule has 0 atom stereocenters. The van der Waals surface area contributed by atoms with Gasteiger partial charge in [0.25, 0.3) is 0 Å². The van der Waals surface area contributed by atoms with E-state index in [1.54, 1.807) is 0 Å². The fourth-order valence-corrected chi connectivity index (χ4v) is 5.07. The summed E-state index contributed by atoms with van der Waals surface area (Å²) in [5.74, 6) is 3.53. The Kier molecular flexibility index (Phi) is 11.1. The van der Waals surface area contributed by atoms with Gasteiger partial charge >= 0.3 is 0 Å². The van der Waals surface area contributed by atoms with Gasteiger partial charge in [0, 0.05) is 32.0 Å². The maximum atomic E-state index is 6.14. The molecule has 4 aromatic rings. The van der Waals surface area contributed by atoms with E-state index in [9.17, 15) is 0 Å². The minimum absolute atomic E-state index is 0.533. The van der Waals surface area contributed by atoms with Gasteiger partial charge in [-0.15, -0.1) is 0 Å². The van der Waals surface area contributed by atoms with Gasteiger partial charge in [-0.05, 0) is 74.2 Å². The maximum Gasteiger partial charge on any atom is 0.121 e. The maximum absolute atomic E-state index is 6.14. The topological polar surface area (TPSA) is 39.5 Å². The summed E-state index contributed by atoms with van der Waals surface area (Å²) in [6.45, 7) is 16.7. The first-order chi connectivity index (χ1) is 19.4. The van der Waals surface area contributed by atoms with Crippen LogP contribution in [-0.4, -0.2) is 47.3 Å². The molecular weight excluding hydrogens is 494 g/mol. The highest BCUT2D eigenvalue weighted by Gasteiger charge is 2.13. The van der Waals surface area contributed by atoms with Crippen molar-refractivity contribution in [1.29, 1.82) is 0 Å². The van der Waals surface area contributed by atoms with Crippen LogP contribution in [-0.2, 0) is 25.8 Å². The van der Waals surface area contributed by atoms with Gasteiger partial charge < -0.3 is 18.9 Å². The molecule has 0 aliphatic carbocycles. The molecule has 0 amide bonds. The molecule has 4 rings (SSSR count). The second-order valence-electron chi connectivity index (χ2n) is 11.1. The van der Waals surface area contributed by atoms with Crippen molar-refractivity contribution in [3.63, 3.8) is 0 Å². The molecule has 0 unspecified atom stereocenters. The van der Waals surface area contributed by atoms with Gasteiger partial charge in [-0.3, -0.25) is 0 Å². The highest BCUT2D eigenvalue weighted by Crippen LogP contribution is 2.25. The molecule has 3 aromatic carbocycles. The number of nitrogens with zero attached hydrogens (tertiary/aromatic N) is 3. The Balaban J connectivity index is 1.34. The van der Waals surface area contributed by atoms with Crippen LogP contribution >= 0.6 is 0 Å². The monoisotopic (exact) mass is 541 g/mol. The van der Waals surface area contributed by atoms with Gasteiger partial charge in [-0.1, -0.05) is 69.7 Å². The quantitative estimate of drug-likeness (QED) is 0.138. The van der Waals surface area contributed by atoms with E-state index in [1.165, 1.54) is 22.2 Å². The van der Waals surface area contributed by atoms with Gasteiger partial charge in [-0.25, -0.2) is 4.98 Å². The van der Waals surface area contributed by atoms with Crippen molar-refractivity contribution >= 4 is 11.0 Å². The highest BCUT2D eigenvalue weighted by atomic mass is 16.5. The Morgan fingerprint density at radius 3 is 2.12 bits per heavy atom. The Hall–Kier alpha value is -3.31. The van der Waals surface area contributed by atoms with E-state index in [-0.39, 0.29) is 0 Å². The van der Waals surface area contributed by atoms with Crippen LogP contribution in [0.1, 0.15) is 56.6 Å². The van der Waals surface area contributed by atoms with Crippen LogP contribution in [0.3, 0.4) is 0 Å². The molecule has 1 heterocycles. The number of rotatable bonds is 16. The van der Waals surface area contributed by atoms with Crippen LogP contribution in [0.15, 0.2) is 66.7 Å². The lowest BCUT2D eigenvalue weighted by atomic mass is 10.1. The number of hydrogen-bond donors (Lipinski definition) is 0. The minimum atomic E-state index is 0.533. The van der Waals surface area contributed by atoms with Crippen LogP contribution in [0.25, 0.3) is 11.0 Å². The Morgan fingerprint density at radius 1 is 0.775 bits per heavy atom. The molecule has 0 aliphatic rings. The number of imidazole rings is 1. The highest BCUT2D eigenvalue weighted by molar-refractivity contribution is 5.78. The predicted octanol–water partition coefficient (Wildman–Crippen LogP) is 7.52. The molecule has 40 heavy (non-hydrogen) atoms. The average Bonchev–Trinajstić information content (AvgIpc) is 3.29. The number of aryl methyl sites for hydroxylation is 3. The summed E-state index contributed by atoms with van der Waals surface area (Å²) in [4.78, 5) is 7.47. The number of benzene rings is 3. The molecule has 0 saturated carbocycles. The van der Waals surface area contributed by atoms with E-state index in [0.717, 1.165) is 81.3 Å². The first-order valence-corrected chi connectivity index (χ1v) is 15.1. The number of aromatic nitrogens is 2. The van der Waals surface area contributed by atoms with E-state index in [2.05, 4.69) is 111 Å². The van der Waals surface area contributed by atoms with E-state index < -0.39 is 0 Å². The third-order valence-electron chi connectivity index (χ3n) is 7.47. The summed E-state index contributed by atoms with van der Waals surface area (Å²) in [5, 5.41) is 0. The first-order valence-electron chi connectivity index (χ1n) is 15.1. The van der Waals surface area contributed by atoms with Crippen molar-refractivity contribution in [2.75, 3.05) is 32.8 Å². The SMILES string of the molecule is CCN(CC)CCCOc1ccc2nc(CCc3ccc(OCCc4ccc(C)cc4)cc3)n(CC(C)C)c2c1. The minimum Gasteiger partial charge on any atom is -0.493 e. The molecule has 0 fully saturated rings. The summed E-state index contributed by atoms with van der Waals surface area (Å²) < 4.78 is 14.5. The molecular formula is C35H47N3O2. The van der Waals surface area contributed by atoms with Gasteiger partial charge in [0.1, 0.15) is 17.3 Å². The summed E-state index contributed by atoms with van der Waals surface area (Å²) in [6, 6.07) is 23.6. The van der Waals surface area contributed by atoms with Crippen LogP contribution < -0.4 is 9.47 Å².